The largest absolute Gasteiger partial charge is 0.342 e. The van der Waals surface area contributed by atoms with Crippen molar-refractivity contribution in [3.8, 4) is 0 Å². The molecule has 4 fully saturated rings. The first kappa shape index (κ1) is 21.5. The van der Waals surface area contributed by atoms with Crippen molar-refractivity contribution in [2.75, 3.05) is 7.05 Å². The van der Waals surface area contributed by atoms with Crippen molar-refractivity contribution < 1.29 is 13.2 Å². The number of rotatable bonds is 2. The Kier molecular flexibility index (Phi) is 4.90. The normalized spacial score (nSPS) is 45.0. The molecule has 2 unspecified atom stereocenters. The molecule has 1 amide bonds. The second-order valence-corrected chi connectivity index (χ2v) is 13.9. The van der Waals surface area contributed by atoms with Gasteiger partial charge in [-0.3, -0.25) is 4.79 Å². The third kappa shape index (κ3) is 3.05. The van der Waals surface area contributed by atoms with Crippen molar-refractivity contribution in [2.24, 2.45) is 34.5 Å². The van der Waals surface area contributed by atoms with Crippen molar-refractivity contribution >= 4 is 15.7 Å². The number of piperidine rings is 1. The van der Waals surface area contributed by atoms with Gasteiger partial charge in [-0.2, -0.15) is 0 Å². The first-order valence-electron chi connectivity index (χ1n) is 12.1. The fourth-order valence-electron chi connectivity index (χ4n) is 8.50. The number of carbonyl (C=O) groups is 1. The van der Waals surface area contributed by atoms with Crippen molar-refractivity contribution in [3.05, 3.63) is 30.3 Å². The highest BCUT2D eigenvalue weighted by Crippen LogP contribution is 2.66. The highest BCUT2D eigenvalue weighted by Gasteiger charge is 2.63. The predicted octanol–water partition coefficient (Wildman–Crippen LogP) is 4.94. The molecule has 3 saturated carbocycles. The highest BCUT2D eigenvalue weighted by atomic mass is 32.2. The van der Waals surface area contributed by atoms with E-state index in [0.717, 1.165) is 32.1 Å². The molecule has 170 valence electrons. The van der Waals surface area contributed by atoms with Gasteiger partial charge in [0.25, 0.3) is 0 Å². The molecule has 4 nitrogen and oxygen atoms in total. The average molecular weight is 444 g/mol. The summed E-state index contributed by atoms with van der Waals surface area (Å²) in [6, 6.07) is 9.39. The lowest BCUT2D eigenvalue weighted by atomic mass is 9.45. The van der Waals surface area contributed by atoms with Crippen LogP contribution in [0.4, 0.5) is 0 Å². The number of sulfone groups is 1. The van der Waals surface area contributed by atoms with Gasteiger partial charge in [-0.05, 0) is 85.2 Å². The Morgan fingerprint density at radius 1 is 1.03 bits per heavy atom. The van der Waals surface area contributed by atoms with Crippen molar-refractivity contribution in [3.63, 3.8) is 0 Å². The predicted molar refractivity (Wildman–Crippen MR) is 122 cm³/mol. The number of likely N-dealkylation sites (tertiary alicyclic amines) is 1. The molecular weight excluding hydrogens is 406 g/mol. The van der Waals surface area contributed by atoms with E-state index in [2.05, 4.69) is 20.8 Å². The van der Waals surface area contributed by atoms with E-state index < -0.39 is 9.84 Å². The Balaban J connectivity index is 1.47. The Morgan fingerprint density at radius 3 is 2.45 bits per heavy atom. The van der Waals surface area contributed by atoms with E-state index in [9.17, 15) is 13.2 Å². The van der Waals surface area contributed by atoms with Gasteiger partial charge < -0.3 is 4.90 Å². The van der Waals surface area contributed by atoms with E-state index in [1.165, 1.54) is 6.42 Å². The Bertz CT molecular complexity index is 976. The number of benzene rings is 1. The van der Waals surface area contributed by atoms with Gasteiger partial charge in [0.05, 0.1) is 10.1 Å². The van der Waals surface area contributed by atoms with Crippen LogP contribution in [0, 0.1) is 34.5 Å². The SMILES string of the molecule is CC1C[C@H]2N(C)C(=O)CC[C@]2(C)[C@H]2CC[C@]3(C)C[C@@H](S(=O)(=O)c4ccccc4)C[C@H]3C12. The molecule has 8 atom stereocenters. The number of fused-ring (bicyclic) bond motifs is 5. The number of carbonyl (C=O) groups excluding carboxylic acids is 1. The van der Waals surface area contributed by atoms with Crippen LogP contribution in [0.5, 0.6) is 0 Å². The van der Waals surface area contributed by atoms with Crippen LogP contribution in [0.25, 0.3) is 0 Å². The zero-order valence-corrected chi connectivity index (χ0v) is 20.2. The van der Waals surface area contributed by atoms with E-state index >= 15 is 0 Å². The van der Waals surface area contributed by atoms with Crippen LogP contribution in [0.1, 0.15) is 65.7 Å². The van der Waals surface area contributed by atoms with E-state index in [-0.39, 0.29) is 16.1 Å². The molecule has 1 aromatic carbocycles. The van der Waals surface area contributed by atoms with E-state index in [1.807, 2.05) is 30.1 Å². The van der Waals surface area contributed by atoms with Gasteiger partial charge >= 0.3 is 0 Å². The lowest BCUT2D eigenvalue weighted by Crippen LogP contribution is -2.62. The van der Waals surface area contributed by atoms with Crippen molar-refractivity contribution in [2.45, 2.75) is 81.9 Å². The molecule has 1 aliphatic heterocycles. The van der Waals surface area contributed by atoms with Crippen LogP contribution in [0.3, 0.4) is 0 Å². The maximum atomic E-state index is 13.5. The summed E-state index contributed by atoms with van der Waals surface area (Å²) in [4.78, 5) is 15.0. The summed E-state index contributed by atoms with van der Waals surface area (Å²) in [5.74, 6) is 2.44. The summed E-state index contributed by atoms with van der Waals surface area (Å²) in [6.07, 6.45) is 6.60. The third-order valence-corrected chi connectivity index (χ3v) is 12.3. The molecule has 1 aromatic rings. The highest BCUT2D eigenvalue weighted by molar-refractivity contribution is 7.92. The van der Waals surface area contributed by atoms with Crippen LogP contribution in [-0.4, -0.2) is 37.6 Å². The molecule has 4 aliphatic rings. The fourth-order valence-corrected chi connectivity index (χ4v) is 10.5. The minimum atomic E-state index is -3.30. The molecule has 0 aromatic heterocycles. The second kappa shape index (κ2) is 7.07. The fraction of sp³-hybridized carbons (Fsp3) is 0.731. The third-order valence-electron chi connectivity index (χ3n) is 10.2. The van der Waals surface area contributed by atoms with Gasteiger partial charge in [0.15, 0.2) is 9.84 Å². The molecule has 1 saturated heterocycles. The summed E-state index contributed by atoms with van der Waals surface area (Å²) in [6.45, 7) is 7.17. The lowest BCUT2D eigenvalue weighted by Gasteiger charge is -2.63. The van der Waals surface area contributed by atoms with E-state index in [1.54, 1.807) is 12.1 Å². The second-order valence-electron chi connectivity index (χ2n) is 11.6. The van der Waals surface area contributed by atoms with Gasteiger partial charge in [0.1, 0.15) is 0 Å². The van der Waals surface area contributed by atoms with Crippen LogP contribution in [-0.2, 0) is 14.6 Å². The molecule has 0 bridgehead atoms. The van der Waals surface area contributed by atoms with Crippen molar-refractivity contribution in [1.29, 1.82) is 0 Å². The monoisotopic (exact) mass is 443 g/mol. The quantitative estimate of drug-likeness (QED) is 0.651. The molecule has 3 aliphatic carbocycles. The van der Waals surface area contributed by atoms with Crippen molar-refractivity contribution in [1.82, 2.24) is 4.90 Å². The number of amides is 1. The molecule has 1 heterocycles. The number of hydrogen-bond donors (Lipinski definition) is 0. The molecule has 5 heteroatoms. The number of nitrogens with zero attached hydrogens (tertiary/aromatic N) is 1. The average Bonchev–Trinajstić information content (AvgIpc) is 3.12. The zero-order chi connectivity index (χ0) is 22.2. The molecule has 0 spiro atoms. The summed E-state index contributed by atoms with van der Waals surface area (Å²) >= 11 is 0. The minimum absolute atomic E-state index is 0.113. The van der Waals surface area contributed by atoms with Crippen LogP contribution in [0.2, 0.25) is 0 Å². The molecular formula is C26H37NO3S. The van der Waals surface area contributed by atoms with Crippen LogP contribution >= 0.6 is 0 Å². The smallest absolute Gasteiger partial charge is 0.222 e. The molecule has 5 rings (SSSR count). The first-order valence-corrected chi connectivity index (χ1v) is 13.7. The van der Waals surface area contributed by atoms with Gasteiger partial charge in [0.2, 0.25) is 5.91 Å². The maximum absolute atomic E-state index is 13.5. The topological polar surface area (TPSA) is 54.5 Å². The van der Waals surface area contributed by atoms with Gasteiger partial charge in [-0.1, -0.05) is 39.0 Å². The maximum Gasteiger partial charge on any atom is 0.222 e. The lowest BCUT2D eigenvalue weighted by molar-refractivity contribution is -0.164. The van der Waals surface area contributed by atoms with Gasteiger partial charge in [-0.25, -0.2) is 8.42 Å². The number of hydrogen-bond acceptors (Lipinski definition) is 3. The minimum Gasteiger partial charge on any atom is -0.342 e. The summed E-state index contributed by atoms with van der Waals surface area (Å²) < 4.78 is 27.0. The van der Waals surface area contributed by atoms with E-state index in [4.69, 9.17) is 0 Å². The van der Waals surface area contributed by atoms with Gasteiger partial charge in [-0.15, -0.1) is 0 Å². The van der Waals surface area contributed by atoms with Crippen LogP contribution in [0.15, 0.2) is 35.2 Å². The molecule has 31 heavy (non-hydrogen) atoms. The van der Waals surface area contributed by atoms with E-state index in [0.29, 0.717) is 46.9 Å². The standard InChI is InChI=1S/C26H37NO3S/c1-17-14-22-26(3,13-11-23(28)27(22)4)20-10-12-25(2)16-19(15-21(25)24(17)20)31(29,30)18-8-6-5-7-9-18/h5-9,17,19-22,24H,10-16H2,1-4H3/t17?,19-,20-,21-,22+,24?,25+,26+/m0/s1. The van der Waals surface area contributed by atoms with Gasteiger partial charge in [0, 0.05) is 19.5 Å². The Labute approximate surface area is 187 Å². The molecule has 0 N–H and O–H groups in total. The summed E-state index contributed by atoms with van der Waals surface area (Å²) in [5, 5.41) is -0.267. The summed E-state index contributed by atoms with van der Waals surface area (Å²) in [5.41, 5.74) is 0.277. The Morgan fingerprint density at radius 2 is 1.74 bits per heavy atom. The molecule has 0 radical (unpaired) electrons. The zero-order valence-electron chi connectivity index (χ0n) is 19.4. The summed E-state index contributed by atoms with van der Waals surface area (Å²) in [7, 11) is -1.30. The Hall–Kier alpha value is -1.36. The first-order chi connectivity index (χ1) is 14.6. The van der Waals surface area contributed by atoms with Crippen LogP contribution < -0.4 is 0 Å².